The molecule has 0 fully saturated rings. The second-order valence-corrected chi connectivity index (χ2v) is 6.94. The van der Waals surface area contributed by atoms with E-state index in [4.69, 9.17) is 4.74 Å². The molecule has 1 heterocycles. The van der Waals surface area contributed by atoms with Crippen molar-refractivity contribution in [2.75, 3.05) is 24.4 Å². The molecule has 2 amide bonds. The van der Waals surface area contributed by atoms with Crippen molar-refractivity contribution in [2.24, 2.45) is 0 Å². The highest BCUT2D eigenvalue weighted by Crippen LogP contribution is 2.19. The smallest absolute Gasteiger partial charge is 0.343 e. The second kappa shape index (κ2) is 10.2. The molecular weight excluding hydrogens is 406 g/mol. The maximum absolute atomic E-state index is 12.3. The van der Waals surface area contributed by atoms with Gasteiger partial charge in [0.2, 0.25) is 5.91 Å². The summed E-state index contributed by atoms with van der Waals surface area (Å²) in [5.74, 6) is -0.600. The lowest BCUT2D eigenvalue weighted by Crippen LogP contribution is -2.15. The van der Waals surface area contributed by atoms with Crippen molar-refractivity contribution in [1.29, 1.82) is 0 Å². The van der Waals surface area contributed by atoms with Crippen molar-refractivity contribution in [3.8, 4) is 5.75 Å². The maximum Gasteiger partial charge on any atom is 0.343 e. The van der Waals surface area contributed by atoms with Gasteiger partial charge >= 0.3 is 5.97 Å². The summed E-state index contributed by atoms with van der Waals surface area (Å²) in [4.78, 5) is 39.9. The lowest BCUT2D eigenvalue weighted by Gasteiger charge is -2.08. The van der Waals surface area contributed by atoms with Crippen molar-refractivity contribution in [3.63, 3.8) is 0 Å². The number of nitrogens with zero attached hydrogens (tertiary/aromatic N) is 1. The zero-order valence-corrected chi connectivity index (χ0v) is 16.9. The van der Waals surface area contributed by atoms with E-state index >= 15 is 0 Å². The monoisotopic (exact) mass is 425 g/mol. The normalized spacial score (nSPS) is 10.2. The predicted molar refractivity (Wildman–Crippen MR) is 113 cm³/mol. The molecule has 8 nitrogen and oxygen atoms in total. The van der Waals surface area contributed by atoms with Gasteiger partial charge in [-0.25, -0.2) is 9.78 Å². The number of hydrogen-bond acceptors (Lipinski definition) is 7. The van der Waals surface area contributed by atoms with Crippen LogP contribution in [0.25, 0.3) is 0 Å². The predicted octanol–water partition coefficient (Wildman–Crippen LogP) is 3.13. The molecule has 2 aromatic carbocycles. The molecule has 0 aliphatic heterocycles. The molecule has 154 valence electrons. The van der Waals surface area contributed by atoms with Crippen LogP contribution < -0.4 is 15.4 Å². The van der Waals surface area contributed by atoms with Crippen LogP contribution in [-0.2, 0) is 20.7 Å². The van der Waals surface area contributed by atoms with Crippen LogP contribution in [0.1, 0.15) is 16.1 Å². The van der Waals surface area contributed by atoms with E-state index in [1.807, 2.05) is 6.07 Å². The minimum absolute atomic E-state index is 0.0466. The second-order valence-electron chi connectivity index (χ2n) is 6.08. The van der Waals surface area contributed by atoms with Crippen LogP contribution in [0.2, 0.25) is 0 Å². The Morgan fingerprint density at radius 3 is 2.60 bits per heavy atom. The number of carbonyl (C=O) groups excluding carboxylic acids is 3. The van der Waals surface area contributed by atoms with Gasteiger partial charge in [0.05, 0.1) is 19.2 Å². The summed E-state index contributed by atoms with van der Waals surface area (Å²) in [5, 5.41) is 7.61. The minimum Gasteiger partial charge on any atom is -0.482 e. The number of anilines is 2. The van der Waals surface area contributed by atoms with E-state index < -0.39 is 5.97 Å². The van der Waals surface area contributed by atoms with E-state index in [9.17, 15) is 14.4 Å². The standard InChI is InChI=1S/C21H19N3O5S/c1-28-19(26)12-29-17-9-5-8-15(10-17)22-18(25)11-16-13-30-21(23-16)24-20(27)14-6-3-2-4-7-14/h2-10,13H,11-12H2,1H3,(H,22,25)(H,23,24,27). The fraction of sp³-hybridized carbons (Fsp3) is 0.143. The average Bonchev–Trinajstić information content (AvgIpc) is 3.19. The molecule has 0 bridgehead atoms. The highest BCUT2D eigenvalue weighted by atomic mass is 32.1. The Hall–Kier alpha value is -3.72. The van der Waals surface area contributed by atoms with Gasteiger partial charge in [-0.1, -0.05) is 24.3 Å². The van der Waals surface area contributed by atoms with Crippen LogP contribution in [0.4, 0.5) is 10.8 Å². The van der Waals surface area contributed by atoms with Crippen molar-refractivity contribution in [3.05, 3.63) is 71.2 Å². The van der Waals surface area contributed by atoms with Gasteiger partial charge in [-0.05, 0) is 24.3 Å². The minimum atomic E-state index is -0.497. The number of methoxy groups -OCH3 is 1. The van der Waals surface area contributed by atoms with E-state index in [0.717, 1.165) is 0 Å². The van der Waals surface area contributed by atoms with Crippen molar-refractivity contribution >= 4 is 39.9 Å². The number of rotatable bonds is 8. The van der Waals surface area contributed by atoms with Crippen LogP contribution in [-0.4, -0.2) is 36.5 Å². The molecule has 1 aromatic heterocycles. The number of benzene rings is 2. The molecule has 0 aliphatic carbocycles. The topological polar surface area (TPSA) is 107 Å². The van der Waals surface area contributed by atoms with Gasteiger partial charge in [-0.3, -0.25) is 14.9 Å². The molecule has 0 unspecified atom stereocenters. The first-order valence-corrected chi connectivity index (χ1v) is 9.82. The van der Waals surface area contributed by atoms with E-state index in [1.54, 1.807) is 53.9 Å². The zero-order valence-electron chi connectivity index (χ0n) is 16.1. The molecule has 3 rings (SSSR count). The lowest BCUT2D eigenvalue weighted by atomic mass is 10.2. The first-order valence-electron chi connectivity index (χ1n) is 8.94. The highest BCUT2D eigenvalue weighted by Gasteiger charge is 2.12. The summed E-state index contributed by atoms with van der Waals surface area (Å²) in [7, 11) is 1.28. The summed E-state index contributed by atoms with van der Waals surface area (Å²) in [6, 6.07) is 15.5. The summed E-state index contributed by atoms with van der Waals surface area (Å²) in [6.45, 7) is -0.218. The third-order valence-corrected chi connectivity index (χ3v) is 4.66. The number of aromatic nitrogens is 1. The molecule has 0 radical (unpaired) electrons. The molecule has 0 saturated carbocycles. The number of amides is 2. The van der Waals surface area contributed by atoms with Gasteiger partial charge in [0.15, 0.2) is 11.7 Å². The van der Waals surface area contributed by atoms with Crippen molar-refractivity contribution < 1.29 is 23.9 Å². The molecule has 30 heavy (non-hydrogen) atoms. The number of esters is 1. The molecule has 0 atom stereocenters. The Morgan fingerprint density at radius 1 is 1.03 bits per heavy atom. The molecule has 2 N–H and O–H groups in total. The van der Waals surface area contributed by atoms with E-state index in [0.29, 0.717) is 27.8 Å². The Morgan fingerprint density at radius 2 is 1.83 bits per heavy atom. The zero-order chi connectivity index (χ0) is 21.3. The third kappa shape index (κ3) is 6.14. The molecular formula is C21H19N3O5S. The number of nitrogens with one attached hydrogen (secondary N) is 2. The van der Waals surface area contributed by atoms with Crippen LogP contribution in [0.3, 0.4) is 0 Å². The van der Waals surface area contributed by atoms with Gasteiger partial charge in [0.1, 0.15) is 5.75 Å². The fourth-order valence-electron chi connectivity index (χ4n) is 2.44. The summed E-state index contributed by atoms with van der Waals surface area (Å²) < 4.78 is 9.82. The van der Waals surface area contributed by atoms with Gasteiger partial charge in [-0.15, -0.1) is 11.3 Å². The third-order valence-electron chi connectivity index (χ3n) is 3.85. The Balaban J connectivity index is 1.53. The molecule has 9 heteroatoms. The molecule has 0 spiro atoms. The van der Waals surface area contributed by atoms with Gasteiger partial charge in [0.25, 0.3) is 5.91 Å². The quantitative estimate of drug-likeness (QED) is 0.537. The summed E-state index contributed by atoms with van der Waals surface area (Å²) in [6.07, 6.45) is 0.0466. The van der Waals surface area contributed by atoms with Gasteiger partial charge in [0, 0.05) is 22.7 Å². The SMILES string of the molecule is COC(=O)COc1cccc(NC(=O)Cc2csc(NC(=O)c3ccccc3)n2)c1. The van der Waals surface area contributed by atoms with E-state index in [-0.39, 0.29) is 24.8 Å². The van der Waals surface area contributed by atoms with Crippen LogP contribution >= 0.6 is 11.3 Å². The first kappa shape index (κ1) is 21.0. The van der Waals surface area contributed by atoms with Crippen LogP contribution in [0, 0.1) is 0 Å². The Kier molecular flexibility index (Phi) is 7.12. The number of carbonyl (C=O) groups is 3. The highest BCUT2D eigenvalue weighted by molar-refractivity contribution is 7.14. The summed E-state index contributed by atoms with van der Waals surface area (Å²) in [5.41, 5.74) is 1.59. The van der Waals surface area contributed by atoms with Crippen molar-refractivity contribution in [2.45, 2.75) is 6.42 Å². The largest absolute Gasteiger partial charge is 0.482 e. The lowest BCUT2D eigenvalue weighted by molar-refractivity contribution is -0.142. The van der Waals surface area contributed by atoms with E-state index in [2.05, 4.69) is 20.4 Å². The van der Waals surface area contributed by atoms with Crippen LogP contribution in [0.15, 0.2) is 60.0 Å². The Bertz CT molecular complexity index is 1040. The maximum atomic E-state index is 12.3. The first-order chi connectivity index (χ1) is 14.5. The van der Waals surface area contributed by atoms with Gasteiger partial charge < -0.3 is 14.8 Å². The fourth-order valence-corrected chi connectivity index (χ4v) is 3.14. The number of hydrogen-bond donors (Lipinski definition) is 2. The van der Waals surface area contributed by atoms with Crippen molar-refractivity contribution in [1.82, 2.24) is 4.98 Å². The number of thiazole rings is 1. The molecule has 3 aromatic rings. The Labute approximate surface area is 176 Å². The molecule has 0 saturated heterocycles. The van der Waals surface area contributed by atoms with E-state index in [1.165, 1.54) is 18.4 Å². The van der Waals surface area contributed by atoms with Gasteiger partial charge in [-0.2, -0.15) is 0 Å². The summed E-state index contributed by atoms with van der Waals surface area (Å²) >= 11 is 1.25. The number of ether oxygens (including phenoxy) is 2. The average molecular weight is 425 g/mol. The molecule has 0 aliphatic rings. The van der Waals surface area contributed by atoms with Crippen LogP contribution in [0.5, 0.6) is 5.75 Å².